The predicted molar refractivity (Wildman–Crippen MR) is 144 cm³/mol. The van der Waals surface area contributed by atoms with Crippen LogP contribution in [0.15, 0.2) is 23.8 Å². The Morgan fingerprint density at radius 1 is 0.956 bits per heavy atom. The van der Waals surface area contributed by atoms with Gasteiger partial charge in [-0.25, -0.2) is 38.5 Å². The zero-order chi connectivity index (χ0) is 31.8. The molecule has 9 N–H and O–H groups in total. The molecule has 3 fully saturated rings. The number of aromatic amines is 1. The number of nitrogen functional groups attached to an aromatic ring is 2. The van der Waals surface area contributed by atoms with Crippen LogP contribution in [0.3, 0.4) is 0 Å². The normalized spacial score (nSPS) is 37.7. The molecule has 0 radical (unpaired) electrons. The van der Waals surface area contributed by atoms with Crippen LogP contribution in [-0.2, 0) is 32.2 Å². The average Bonchev–Trinajstić information content (AvgIpc) is 3.72. The molecule has 25 heteroatoms. The Hall–Kier alpha value is -3.47. The summed E-state index contributed by atoms with van der Waals surface area (Å²) in [7, 11) is -10.0. The van der Waals surface area contributed by atoms with E-state index in [0.29, 0.717) is 0 Å². The summed E-state index contributed by atoms with van der Waals surface area (Å²) in [5.74, 6) is -0.269. The minimum atomic E-state index is -5.17. The highest BCUT2D eigenvalue weighted by Gasteiger charge is 2.54. The van der Waals surface area contributed by atoms with Gasteiger partial charge < -0.3 is 35.8 Å². The van der Waals surface area contributed by atoms with Crippen LogP contribution in [0.25, 0.3) is 22.3 Å². The van der Waals surface area contributed by atoms with E-state index in [-0.39, 0.29) is 34.1 Å². The highest BCUT2D eigenvalue weighted by atomic mass is 31.2. The topological polar surface area (TPSA) is 312 Å². The first kappa shape index (κ1) is 30.2. The SMILES string of the molecule is Nc1nc2c(ncn2C2OC3CNP(=O)(O)OC4C(COP(=O)(O)OC2C3F)OC(n2cnc3c(N)ncnc32)C4O)c(=O)[nH]1. The van der Waals surface area contributed by atoms with Gasteiger partial charge in [0.25, 0.3) is 5.56 Å². The van der Waals surface area contributed by atoms with E-state index >= 15 is 4.39 Å². The van der Waals surface area contributed by atoms with Crippen LogP contribution in [0.2, 0.25) is 0 Å². The zero-order valence-electron chi connectivity index (χ0n) is 22.4. The van der Waals surface area contributed by atoms with Gasteiger partial charge in [0, 0.05) is 6.54 Å². The van der Waals surface area contributed by atoms with Crippen LogP contribution < -0.4 is 22.1 Å². The lowest BCUT2D eigenvalue weighted by atomic mass is 10.1. The molecule has 3 aliphatic rings. The molecule has 0 saturated carbocycles. The molecule has 7 rings (SSSR count). The van der Waals surface area contributed by atoms with Crippen molar-refractivity contribution in [3.05, 3.63) is 29.3 Å². The van der Waals surface area contributed by atoms with Crippen molar-refractivity contribution in [1.82, 2.24) is 44.1 Å². The lowest BCUT2D eigenvalue weighted by molar-refractivity contribution is -0.0590. The highest BCUT2D eigenvalue weighted by molar-refractivity contribution is 7.50. The minimum absolute atomic E-state index is 0.0341. The van der Waals surface area contributed by atoms with Crippen LogP contribution in [0, 0.1) is 0 Å². The van der Waals surface area contributed by atoms with Gasteiger partial charge >= 0.3 is 15.6 Å². The molecule has 10 unspecified atom stereocenters. The Balaban J connectivity index is 1.21. The lowest BCUT2D eigenvalue weighted by Gasteiger charge is -2.26. The average molecular weight is 675 g/mol. The van der Waals surface area contributed by atoms with Gasteiger partial charge in [0.2, 0.25) is 5.95 Å². The number of rotatable bonds is 2. The van der Waals surface area contributed by atoms with Crippen molar-refractivity contribution in [3.8, 4) is 0 Å². The summed E-state index contributed by atoms with van der Waals surface area (Å²) in [6.45, 7) is -1.54. The minimum Gasteiger partial charge on any atom is -0.386 e. The molecule has 0 aliphatic carbocycles. The maximum atomic E-state index is 15.7. The highest BCUT2D eigenvalue weighted by Crippen LogP contribution is 2.52. The number of aliphatic hydroxyl groups excluding tert-OH is 1. The number of phosphoric acid groups is 1. The summed E-state index contributed by atoms with van der Waals surface area (Å²) >= 11 is 0. The maximum absolute atomic E-state index is 15.7. The van der Waals surface area contributed by atoms with Crippen molar-refractivity contribution in [2.75, 3.05) is 24.6 Å². The fourth-order valence-electron chi connectivity index (χ4n) is 5.35. The van der Waals surface area contributed by atoms with Crippen molar-refractivity contribution in [3.63, 3.8) is 0 Å². The zero-order valence-corrected chi connectivity index (χ0v) is 24.2. The molecule has 0 spiro atoms. The number of ether oxygens (including phenoxy) is 2. The second kappa shape index (κ2) is 10.8. The number of aliphatic hydroxyl groups is 1. The summed E-state index contributed by atoms with van der Waals surface area (Å²) in [5.41, 5.74) is 10.7. The Morgan fingerprint density at radius 2 is 1.67 bits per heavy atom. The Labute approximate surface area is 248 Å². The summed E-state index contributed by atoms with van der Waals surface area (Å²) in [5, 5.41) is 13.3. The van der Waals surface area contributed by atoms with Crippen LogP contribution in [0.4, 0.5) is 16.2 Å². The Morgan fingerprint density at radius 3 is 2.44 bits per heavy atom. The molecule has 4 aromatic rings. The molecule has 7 heterocycles. The van der Waals surface area contributed by atoms with Crippen LogP contribution in [0.5, 0.6) is 0 Å². The number of fused-ring (bicyclic) bond motifs is 5. The quantitative estimate of drug-likeness (QED) is 0.115. The van der Waals surface area contributed by atoms with E-state index in [9.17, 15) is 28.8 Å². The van der Waals surface area contributed by atoms with Crippen molar-refractivity contribution < 1.29 is 51.5 Å². The fourth-order valence-corrected chi connectivity index (χ4v) is 7.35. The van der Waals surface area contributed by atoms with Gasteiger partial charge in [-0.15, -0.1) is 0 Å². The number of nitrogens with one attached hydrogen (secondary N) is 2. The molecule has 22 nitrogen and oxygen atoms in total. The third-order valence-corrected chi connectivity index (χ3v) is 9.47. The first-order valence-electron chi connectivity index (χ1n) is 13.0. The first-order chi connectivity index (χ1) is 21.3. The smallest absolute Gasteiger partial charge is 0.386 e. The van der Waals surface area contributed by atoms with E-state index < -0.39 is 83.4 Å². The van der Waals surface area contributed by atoms with Crippen molar-refractivity contribution in [1.29, 1.82) is 0 Å². The molecular formula is C20H24FN11O11P2. The molecule has 0 aromatic carbocycles. The van der Waals surface area contributed by atoms with E-state index in [4.69, 9.17) is 34.5 Å². The summed E-state index contributed by atoms with van der Waals surface area (Å²) < 4.78 is 71.6. The lowest BCUT2D eigenvalue weighted by Crippen LogP contribution is -2.38. The van der Waals surface area contributed by atoms with Crippen molar-refractivity contribution >= 4 is 49.7 Å². The number of imidazole rings is 2. The monoisotopic (exact) mass is 675 g/mol. The van der Waals surface area contributed by atoms with Gasteiger partial charge in [0.1, 0.15) is 42.4 Å². The van der Waals surface area contributed by atoms with Gasteiger partial charge in [-0.2, -0.15) is 4.98 Å². The summed E-state index contributed by atoms with van der Waals surface area (Å²) in [4.78, 5) is 55.7. The standard InChI is InChI=1S/C20H24FN11O11P2/c21-8-6-1-28-44(35,36)42-12-7(41-18(11(12)33)31-4-26-9-14(22)24-3-25-15(9)31)2-39-45(37,38)43-13(8)19(40-6)32-5-27-10-16(32)29-20(23)30-17(10)34/h3-8,11-13,18-19,33H,1-2H2,(H,37,38)(H2,22,24,25)(H2,28,35,36)(H3,23,29,30,34). The van der Waals surface area contributed by atoms with E-state index in [1.165, 1.54) is 10.9 Å². The molecule has 3 saturated heterocycles. The summed E-state index contributed by atoms with van der Waals surface area (Å²) in [6.07, 6.45) is -10.00. The van der Waals surface area contributed by atoms with Crippen molar-refractivity contribution in [2.45, 2.75) is 49.1 Å². The number of aromatic nitrogens is 8. The molecule has 3 aliphatic heterocycles. The number of hydrogen-bond donors (Lipinski definition) is 7. The molecule has 0 amide bonds. The fraction of sp³-hybridized carbons (Fsp3) is 0.500. The van der Waals surface area contributed by atoms with E-state index in [1.54, 1.807) is 0 Å². The van der Waals surface area contributed by atoms with Crippen LogP contribution >= 0.6 is 15.6 Å². The molecule has 10 atom stereocenters. The number of nitrogens with two attached hydrogens (primary N) is 2. The van der Waals surface area contributed by atoms with Gasteiger partial charge in [-0.1, -0.05) is 0 Å². The largest absolute Gasteiger partial charge is 0.472 e. The molecule has 4 aromatic heterocycles. The Bertz CT molecular complexity index is 1940. The third kappa shape index (κ3) is 5.30. The number of halogens is 1. The number of H-pyrrole nitrogens is 1. The number of anilines is 2. The first-order valence-corrected chi connectivity index (χ1v) is 16.1. The second-order valence-electron chi connectivity index (χ2n) is 10.2. The van der Waals surface area contributed by atoms with Gasteiger partial charge in [0.05, 0.1) is 19.3 Å². The van der Waals surface area contributed by atoms with Gasteiger partial charge in [-0.3, -0.25) is 32.5 Å². The number of nitrogens with zero attached hydrogens (tertiary/aromatic N) is 7. The van der Waals surface area contributed by atoms with Gasteiger partial charge in [0.15, 0.2) is 41.3 Å². The van der Waals surface area contributed by atoms with Crippen LogP contribution in [0.1, 0.15) is 12.5 Å². The molecule has 45 heavy (non-hydrogen) atoms. The molecule has 2 bridgehead atoms. The van der Waals surface area contributed by atoms with E-state index in [0.717, 1.165) is 17.2 Å². The molecule has 242 valence electrons. The second-order valence-corrected chi connectivity index (χ2v) is 13.2. The van der Waals surface area contributed by atoms with Crippen LogP contribution in [-0.4, -0.2) is 104 Å². The Kier molecular flexibility index (Phi) is 7.26. The maximum Gasteiger partial charge on any atom is 0.472 e. The third-order valence-electron chi connectivity index (χ3n) is 7.37. The number of alkyl halides is 1. The number of phosphoric ester groups is 1. The predicted octanol–water partition coefficient (Wildman–Crippen LogP) is -1.79. The summed E-state index contributed by atoms with van der Waals surface area (Å²) in [6, 6.07) is 0. The van der Waals surface area contributed by atoms with Crippen molar-refractivity contribution in [2.24, 2.45) is 0 Å². The van der Waals surface area contributed by atoms with Gasteiger partial charge in [-0.05, 0) is 0 Å². The number of hydrogen-bond acceptors (Lipinski definition) is 16. The van der Waals surface area contributed by atoms with E-state index in [2.05, 4.69) is 35.0 Å². The molecular weight excluding hydrogens is 651 g/mol. The van der Waals surface area contributed by atoms with E-state index in [1.807, 2.05) is 0 Å².